The molecular formula is C19H34NOSi. The van der Waals surface area contributed by atoms with E-state index >= 15 is 0 Å². The third-order valence-corrected chi connectivity index (χ3v) is 9.45. The fraction of sp³-hybridized carbons (Fsp3) is 0.947. The summed E-state index contributed by atoms with van der Waals surface area (Å²) in [4.78, 5) is 0. The van der Waals surface area contributed by atoms with Crippen LogP contribution in [0.4, 0.5) is 0 Å². The van der Waals surface area contributed by atoms with Crippen LogP contribution in [-0.4, -0.2) is 38.1 Å². The van der Waals surface area contributed by atoms with Crippen molar-refractivity contribution in [2.45, 2.75) is 82.8 Å². The van der Waals surface area contributed by atoms with Crippen LogP contribution in [0.5, 0.6) is 0 Å². The molecule has 1 saturated heterocycles. The van der Waals surface area contributed by atoms with Gasteiger partial charge in [0.1, 0.15) is 8.24 Å². The Hall–Kier alpha value is 0.137. The highest BCUT2D eigenvalue weighted by Crippen LogP contribution is 2.58. The van der Waals surface area contributed by atoms with Crippen LogP contribution in [0.25, 0.3) is 0 Å². The van der Waals surface area contributed by atoms with Gasteiger partial charge in [-0.05, 0) is 62.2 Å². The van der Waals surface area contributed by atoms with Crippen molar-refractivity contribution in [3.63, 3.8) is 0 Å². The van der Waals surface area contributed by atoms with Gasteiger partial charge in [0.15, 0.2) is 0 Å². The molecule has 0 aromatic rings. The molecule has 4 aliphatic rings. The molecule has 22 heavy (non-hydrogen) atoms. The molecule has 0 amide bonds. The second-order valence-electron chi connectivity index (χ2n) is 9.35. The van der Waals surface area contributed by atoms with Crippen LogP contribution in [0.1, 0.15) is 44.9 Å². The zero-order valence-corrected chi connectivity index (χ0v) is 15.9. The first kappa shape index (κ1) is 15.7. The normalized spacial score (nSPS) is 48.8. The van der Waals surface area contributed by atoms with Crippen molar-refractivity contribution in [3.8, 4) is 0 Å². The maximum atomic E-state index is 5.77. The third kappa shape index (κ3) is 2.34. The monoisotopic (exact) mass is 320 g/mol. The van der Waals surface area contributed by atoms with E-state index in [-0.39, 0.29) is 0 Å². The van der Waals surface area contributed by atoms with Crippen molar-refractivity contribution in [2.75, 3.05) is 7.11 Å². The summed E-state index contributed by atoms with van der Waals surface area (Å²) < 4.78 is 8.88. The number of fused-ring (bicyclic) bond motifs is 5. The van der Waals surface area contributed by atoms with Crippen LogP contribution in [0.2, 0.25) is 19.6 Å². The Morgan fingerprint density at radius 1 is 1.00 bits per heavy atom. The Morgan fingerprint density at radius 2 is 1.77 bits per heavy atom. The second-order valence-corrected chi connectivity index (χ2v) is 14.2. The van der Waals surface area contributed by atoms with Gasteiger partial charge in [-0.25, -0.2) is 0 Å². The van der Waals surface area contributed by atoms with Gasteiger partial charge in [0.05, 0.1) is 6.10 Å². The number of hydrogen-bond donors (Lipinski definition) is 0. The van der Waals surface area contributed by atoms with Gasteiger partial charge in [0, 0.05) is 19.2 Å². The summed E-state index contributed by atoms with van der Waals surface area (Å²) in [6, 6.07) is 1.76. The lowest BCUT2D eigenvalue weighted by atomic mass is 9.77. The molecule has 0 spiro atoms. The molecule has 4 fully saturated rings. The van der Waals surface area contributed by atoms with E-state index in [1.165, 1.54) is 44.9 Å². The number of hydrogen-bond acceptors (Lipinski definition) is 2. The molecule has 7 unspecified atom stereocenters. The number of methoxy groups -OCH3 is 1. The lowest BCUT2D eigenvalue weighted by Gasteiger charge is -2.46. The van der Waals surface area contributed by atoms with Crippen molar-refractivity contribution < 1.29 is 4.74 Å². The average molecular weight is 321 g/mol. The lowest BCUT2D eigenvalue weighted by molar-refractivity contribution is 0.0325. The predicted octanol–water partition coefficient (Wildman–Crippen LogP) is 4.33. The molecule has 0 bridgehead atoms. The average Bonchev–Trinajstić information content (AvgIpc) is 3.00. The highest BCUT2D eigenvalue weighted by Gasteiger charge is 2.60. The summed E-state index contributed by atoms with van der Waals surface area (Å²) in [5.74, 6) is 3.69. The van der Waals surface area contributed by atoms with Crippen molar-refractivity contribution in [3.05, 3.63) is 6.42 Å². The standard InChI is InChI=1S/C19H34NOSi/c1-21-14-9-10-18-16(12-14)17-11-13-7-5-6-8-15(13)19(17)20(18)22(2,3)4/h11,13-19H,5-10,12H2,1-4H3. The zero-order chi connectivity index (χ0) is 15.5. The minimum atomic E-state index is -1.25. The summed E-state index contributed by atoms with van der Waals surface area (Å²) in [5, 5.41) is 0. The van der Waals surface area contributed by atoms with Gasteiger partial charge in [0.25, 0.3) is 0 Å². The number of rotatable bonds is 2. The fourth-order valence-electron chi connectivity index (χ4n) is 6.61. The molecule has 3 aliphatic carbocycles. The van der Waals surface area contributed by atoms with Gasteiger partial charge in [-0.2, -0.15) is 0 Å². The molecule has 7 atom stereocenters. The lowest BCUT2D eigenvalue weighted by Crippen LogP contribution is -2.56. The van der Waals surface area contributed by atoms with Crippen LogP contribution < -0.4 is 0 Å². The van der Waals surface area contributed by atoms with E-state index in [4.69, 9.17) is 4.74 Å². The van der Waals surface area contributed by atoms with Crippen LogP contribution >= 0.6 is 0 Å². The summed E-state index contributed by atoms with van der Waals surface area (Å²) in [6.45, 7) is 7.76. The van der Waals surface area contributed by atoms with Gasteiger partial charge in [-0.1, -0.05) is 32.5 Å². The maximum absolute atomic E-state index is 5.77. The number of ether oxygens (including phenoxy) is 1. The molecule has 3 saturated carbocycles. The first-order valence-electron chi connectivity index (χ1n) is 9.67. The van der Waals surface area contributed by atoms with E-state index in [0.717, 1.165) is 35.8 Å². The third-order valence-electron chi connectivity index (χ3n) is 7.27. The SMILES string of the molecule is COC1CCC2C(C1)C1[CH]C3CCCCC3C1N2[Si](C)(C)C. The van der Waals surface area contributed by atoms with E-state index < -0.39 is 8.24 Å². The minimum absolute atomic E-state index is 0.527. The molecule has 4 rings (SSSR count). The van der Waals surface area contributed by atoms with Gasteiger partial charge >= 0.3 is 0 Å². The minimum Gasteiger partial charge on any atom is -0.381 e. The van der Waals surface area contributed by atoms with Gasteiger partial charge in [-0.3, -0.25) is 0 Å². The molecule has 3 heteroatoms. The quantitative estimate of drug-likeness (QED) is 0.702. The number of nitrogens with zero attached hydrogens (tertiary/aromatic N) is 1. The molecule has 0 aromatic carbocycles. The first-order chi connectivity index (χ1) is 10.5. The van der Waals surface area contributed by atoms with Crippen LogP contribution in [0.3, 0.4) is 0 Å². The van der Waals surface area contributed by atoms with Gasteiger partial charge in [0.2, 0.25) is 0 Å². The molecule has 2 nitrogen and oxygen atoms in total. The second kappa shape index (κ2) is 5.60. The zero-order valence-electron chi connectivity index (χ0n) is 14.9. The van der Waals surface area contributed by atoms with Crippen LogP contribution in [-0.2, 0) is 4.74 Å². The van der Waals surface area contributed by atoms with E-state index in [1.54, 1.807) is 0 Å². The van der Waals surface area contributed by atoms with Crippen LogP contribution in [0.15, 0.2) is 0 Å². The Morgan fingerprint density at radius 3 is 2.50 bits per heavy atom. The predicted molar refractivity (Wildman–Crippen MR) is 94.1 cm³/mol. The Balaban J connectivity index is 1.66. The topological polar surface area (TPSA) is 12.5 Å². The molecule has 125 valence electrons. The van der Waals surface area contributed by atoms with Gasteiger partial charge < -0.3 is 9.30 Å². The van der Waals surface area contributed by atoms with E-state index in [9.17, 15) is 0 Å². The molecule has 0 N–H and O–H groups in total. The van der Waals surface area contributed by atoms with E-state index in [2.05, 4.69) is 30.6 Å². The highest BCUT2D eigenvalue weighted by atomic mass is 28.3. The molecular weight excluding hydrogens is 286 g/mol. The summed E-state index contributed by atoms with van der Waals surface area (Å²) in [6.07, 6.45) is 13.3. The maximum Gasteiger partial charge on any atom is 0.119 e. The summed E-state index contributed by atoms with van der Waals surface area (Å²) >= 11 is 0. The van der Waals surface area contributed by atoms with Crippen molar-refractivity contribution >= 4 is 8.24 Å². The molecule has 1 radical (unpaired) electrons. The Bertz CT molecular complexity index is 420. The fourth-order valence-corrected chi connectivity index (χ4v) is 9.19. The molecule has 0 aromatic heterocycles. The van der Waals surface area contributed by atoms with Crippen molar-refractivity contribution in [2.24, 2.45) is 23.7 Å². The highest BCUT2D eigenvalue weighted by molar-refractivity contribution is 6.73. The van der Waals surface area contributed by atoms with Gasteiger partial charge in [-0.15, -0.1) is 0 Å². The smallest absolute Gasteiger partial charge is 0.119 e. The largest absolute Gasteiger partial charge is 0.381 e. The van der Waals surface area contributed by atoms with E-state index in [0.29, 0.717) is 6.10 Å². The molecule has 1 aliphatic heterocycles. The Kier molecular flexibility index (Phi) is 3.98. The van der Waals surface area contributed by atoms with Crippen LogP contribution in [0, 0.1) is 30.1 Å². The summed E-state index contributed by atoms with van der Waals surface area (Å²) in [5.41, 5.74) is 0. The van der Waals surface area contributed by atoms with Crippen molar-refractivity contribution in [1.82, 2.24) is 4.57 Å². The van der Waals surface area contributed by atoms with Crippen molar-refractivity contribution in [1.29, 1.82) is 0 Å². The molecule has 1 heterocycles. The Labute approximate surface area is 138 Å². The van der Waals surface area contributed by atoms with E-state index in [1.807, 2.05) is 7.11 Å². The summed E-state index contributed by atoms with van der Waals surface area (Å²) in [7, 11) is 0.668. The first-order valence-corrected chi connectivity index (χ1v) is 13.1.